The van der Waals surface area contributed by atoms with Crippen molar-refractivity contribution in [3.05, 3.63) is 0 Å². The molecule has 0 aromatic rings. The van der Waals surface area contributed by atoms with Crippen LogP contribution in [0.1, 0.15) is 64.7 Å². The van der Waals surface area contributed by atoms with Crippen molar-refractivity contribution in [1.29, 1.82) is 0 Å². The Kier molecular flexibility index (Phi) is 4.48. The number of carbonyl (C=O) groups is 2. The highest BCUT2D eigenvalue weighted by atomic mass is 16.4. The van der Waals surface area contributed by atoms with E-state index < -0.39 is 11.4 Å². The van der Waals surface area contributed by atoms with Crippen molar-refractivity contribution in [2.75, 3.05) is 0 Å². The number of hydrogen-bond donors (Lipinski definition) is 2. The first-order valence-electron chi connectivity index (χ1n) is 7.56. The maximum atomic E-state index is 12.1. The Balaban J connectivity index is 1.87. The number of rotatable bonds is 5. The first-order chi connectivity index (χ1) is 9.03. The number of carboxylic acid groups (broad SMARTS) is 1. The quantitative estimate of drug-likeness (QED) is 0.805. The summed E-state index contributed by atoms with van der Waals surface area (Å²) in [4.78, 5) is 23.5. The van der Waals surface area contributed by atoms with E-state index in [1.807, 2.05) is 0 Å². The van der Waals surface area contributed by atoms with Crippen LogP contribution >= 0.6 is 0 Å². The minimum atomic E-state index is -0.798. The molecule has 0 spiro atoms. The molecule has 2 fully saturated rings. The molecule has 1 amide bonds. The second-order valence-corrected chi connectivity index (χ2v) is 6.37. The van der Waals surface area contributed by atoms with Crippen LogP contribution in [0, 0.1) is 11.3 Å². The lowest BCUT2D eigenvalue weighted by Crippen LogP contribution is -2.41. The van der Waals surface area contributed by atoms with Crippen molar-refractivity contribution >= 4 is 11.9 Å². The fourth-order valence-electron chi connectivity index (χ4n) is 3.71. The summed E-state index contributed by atoms with van der Waals surface area (Å²) >= 11 is 0. The predicted molar refractivity (Wildman–Crippen MR) is 72.7 cm³/mol. The zero-order valence-corrected chi connectivity index (χ0v) is 11.8. The van der Waals surface area contributed by atoms with E-state index in [1.165, 1.54) is 25.7 Å². The van der Waals surface area contributed by atoms with E-state index in [0.717, 1.165) is 12.8 Å². The molecule has 0 heterocycles. The van der Waals surface area contributed by atoms with Gasteiger partial charge in [-0.2, -0.15) is 0 Å². The van der Waals surface area contributed by atoms with Gasteiger partial charge in [-0.25, -0.2) is 0 Å². The Morgan fingerprint density at radius 2 is 1.79 bits per heavy atom. The van der Waals surface area contributed by atoms with Crippen LogP contribution in [0.3, 0.4) is 0 Å². The van der Waals surface area contributed by atoms with Crippen LogP contribution in [0.2, 0.25) is 0 Å². The Bertz CT molecular complexity index is 341. The second-order valence-electron chi connectivity index (χ2n) is 6.37. The lowest BCUT2D eigenvalue weighted by atomic mass is 9.82. The first kappa shape index (κ1) is 14.4. The third kappa shape index (κ3) is 3.28. The number of carboxylic acids is 1. The molecule has 2 saturated carbocycles. The molecule has 19 heavy (non-hydrogen) atoms. The molecular formula is C15H25NO3. The van der Waals surface area contributed by atoms with E-state index in [0.29, 0.717) is 18.8 Å². The Hall–Kier alpha value is -1.06. The van der Waals surface area contributed by atoms with Crippen molar-refractivity contribution in [2.24, 2.45) is 11.3 Å². The van der Waals surface area contributed by atoms with Crippen LogP contribution in [0.5, 0.6) is 0 Å². The summed E-state index contributed by atoms with van der Waals surface area (Å²) in [5, 5.41) is 12.4. The van der Waals surface area contributed by atoms with Crippen LogP contribution in [0.25, 0.3) is 0 Å². The number of nitrogens with one attached hydrogen (secondary N) is 1. The Morgan fingerprint density at radius 1 is 1.21 bits per heavy atom. The van der Waals surface area contributed by atoms with Gasteiger partial charge in [-0.3, -0.25) is 9.59 Å². The highest BCUT2D eigenvalue weighted by Gasteiger charge is 2.43. The number of amides is 1. The topological polar surface area (TPSA) is 66.4 Å². The standard InChI is InChI=1S/C15H25NO3/c1-11(12-6-2-3-7-12)16-13(17)10-15(14(18)19)8-4-5-9-15/h11-12H,2-10H2,1H3,(H,16,17)(H,18,19)/t11-/m0/s1. The second kappa shape index (κ2) is 5.93. The van der Waals surface area contributed by atoms with Gasteiger partial charge in [0.05, 0.1) is 5.41 Å². The molecule has 2 aliphatic rings. The highest BCUT2D eigenvalue weighted by molar-refractivity contribution is 5.85. The zero-order valence-electron chi connectivity index (χ0n) is 11.8. The molecule has 0 aromatic heterocycles. The maximum absolute atomic E-state index is 12.1. The van der Waals surface area contributed by atoms with E-state index in [1.54, 1.807) is 0 Å². The third-order valence-corrected chi connectivity index (χ3v) is 5.01. The van der Waals surface area contributed by atoms with Crippen molar-refractivity contribution < 1.29 is 14.7 Å². The molecule has 0 unspecified atom stereocenters. The maximum Gasteiger partial charge on any atom is 0.310 e. The molecule has 2 rings (SSSR count). The molecule has 0 bridgehead atoms. The van der Waals surface area contributed by atoms with E-state index in [9.17, 15) is 14.7 Å². The van der Waals surface area contributed by atoms with Crippen LogP contribution in [-0.4, -0.2) is 23.0 Å². The van der Waals surface area contributed by atoms with Crippen molar-refractivity contribution in [1.82, 2.24) is 5.32 Å². The summed E-state index contributed by atoms with van der Waals surface area (Å²) in [6.07, 6.45) is 8.18. The molecule has 0 saturated heterocycles. The average Bonchev–Trinajstić information content (AvgIpc) is 2.99. The number of hydrogen-bond acceptors (Lipinski definition) is 2. The molecule has 1 atom stereocenters. The van der Waals surface area contributed by atoms with Gasteiger partial charge in [0, 0.05) is 12.5 Å². The van der Waals surface area contributed by atoms with E-state index in [2.05, 4.69) is 12.2 Å². The summed E-state index contributed by atoms with van der Waals surface area (Å²) in [5.74, 6) is -0.300. The molecule has 108 valence electrons. The Labute approximate surface area is 115 Å². The number of carbonyl (C=O) groups excluding carboxylic acids is 1. The van der Waals surface area contributed by atoms with Gasteiger partial charge < -0.3 is 10.4 Å². The van der Waals surface area contributed by atoms with Gasteiger partial charge >= 0.3 is 5.97 Å². The first-order valence-corrected chi connectivity index (χ1v) is 7.56. The summed E-state index contributed by atoms with van der Waals surface area (Å²) < 4.78 is 0. The molecule has 2 N–H and O–H groups in total. The van der Waals surface area contributed by atoms with E-state index in [4.69, 9.17) is 0 Å². The molecule has 0 aliphatic heterocycles. The largest absolute Gasteiger partial charge is 0.481 e. The predicted octanol–water partition coefficient (Wildman–Crippen LogP) is 2.72. The van der Waals surface area contributed by atoms with Gasteiger partial charge in [-0.1, -0.05) is 25.7 Å². The average molecular weight is 267 g/mol. The van der Waals surface area contributed by atoms with Crippen molar-refractivity contribution in [3.8, 4) is 0 Å². The molecule has 0 aromatic carbocycles. The fourth-order valence-corrected chi connectivity index (χ4v) is 3.71. The number of aliphatic carboxylic acids is 1. The van der Waals surface area contributed by atoms with Crippen molar-refractivity contribution in [3.63, 3.8) is 0 Å². The normalized spacial score (nSPS) is 24.3. The van der Waals surface area contributed by atoms with Crippen LogP contribution in [-0.2, 0) is 9.59 Å². The summed E-state index contributed by atoms with van der Waals surface area (Å²) in [7, 11) is 0. The molecule has 4 nitrogen and oxygen atoms in total. The van der Waals surface area contributed by atoms with Crippen LogP contribution in [0.4, 0.5) is 0 Å². The van der Waals surface area contributed by atoms with Gasteiger partial charge in [-0.05, 0) is 38.5 Å². The monoisotopic (exact) mass is 267 g/mol. The third-order valence-electron chi connectivity index (χ3n) is 5.01. The zero-order chi connectivity index (χ0) is 13.9. The van der Waals surface area contributed by atoms with Gasteiger partial charge in [0.15, 0.2) is 0 Å². The van der Waals surface area contributed by atoms with Gasteiger partial charge in [0.2, 0.25) is 5.91 Å². The molecule has 4 heteroatoms. The van der Waals surface area contributed by atoms with Gasteiger partial charge in [0.25, 0.3) is 0 Å². The SMILES string of the molecule is C[C@H](NC(=O)CC1(C(=O)O)CCCC1)C1CCCC1. The van der Waals surface area contributed by atoms with Gasteiger partial charge in [0.1, 0.15) is 0 Å². The van der Waals surface area contributed by atoms with Crippen molar-refractivity contribution in [2.45, 2.75) is 70.8 Å². The summed E-state index contributed by atoms with van der Waals surface area (Å²) in [6, 6.07) is 0.183. The van der Waals surface area contributed by atoms with Crippen LogP contribution < -0.4 is 5.32 Å². The van der Waals surface area contributed by atoms with E-state index >= 15 is 0 Å². The fraction of sp³-hybridized carbons (Fsp3) is 0.867. The Morgan fingerprint density at radius 3 is 2.32 bits per heavy atom. The molecule has 2 aliphatic carbocycles. The highest BCUT2D eigenvalue weighted by Crippen LogP contribution is 2.41. The molecule has 0 radical (unpaired) electrons. The van der Waals surface area contributed by atoms with E-state index in [-0.39, 0.29) is 18.4 Å². The molecular weight excluding hydrogens is 242 g/mol. The minimum Gasteiger partial charge on any atom is -0.481 e. The summed E-state index contributed by atoms with van der Waals surface area (Å²) in [5.41, 5.74) is -0.792. The minimum absolute atomic E-state index is 0.0799. The lowest BCUT2D eigenvalue weighted by molar-refractivity contribution is -0.151. The smallest absolute Gasteiger partial charge is 0.310 e. The summed E-state index contributed by atoms with van der Waals surface area (Å²) in [6.45, 7) is 2.05. The van der Waals surface area contributed by atoms with Crippen LogP contribution in [0.15, 0.2) is 0 Å². The lowest BCUT2D eigenvalue weighted by Gasteiger charge is -2.26. The van der Waals surface area contributed by atoms with Gasteiger partial charge in [-0.15, -0.1) is 0 Å².